The van der Waals surface area contributed by atoms with Crippen LogP contribution in [0.1, 0.15) is 23.6 Å². The van der Waals surface area contributed by atoms with Gasteiger partial charge in [0.25, 0.3) is 17.7 Å². The molecule has 9 nitrogen and oxygen atoms in total. The summed E-state index contributed by atoms with van der Waals surface area (Å²) in [6.45, 7) is 5.78. The number of carbonyl (C=O) groups is 4. The third-order valence-electron chi connectivity index (χ3n) is 4.81. The highest BCUT2D eigenvalue weighted by molar-refractivity contribution is 14.1. The Balaban J connectivity index is 1.80. The van der Waals surface area contributed by atoms with Crippen LogP contribution in [-0.4, -0.2) is 37.0 Å². The molecular formula is C23H22IN3O6. The number of halogens is 1. The van der Waals surface area contributed by atoms with Crippen LogP contribution in [0.4, 0.5) is 10.5 Å². The van der Waals surface area contributed by atoms with E-state index < -0.39 is 17.8 Å². The van der Waals surface area contributed by atoms with Gasteiger partial charge in [-0.3, -0.25) is 25.0 Å². The number of carbonyl (C=O) groups excluding carboxylic acids is 4. The fourth-order valence-corrected chi connectivity index (χ4v) is 3.84. The molecule has 5 amide bonds. The predicted octanol–water partition coefficient (Wildman–Crippen LogP) is 3.07. The lowest BCUT2D eigenvalue weighted by atomic mass is 10.1. The number of aryl methyl sites for hydroxylation is 1. The first-order chi connectivity index (χ1) is 15.7. The number of benzene rings is 2. The molecule has 0 saturated carbocycles. The lowest BCUT2D eigenvalue weighted by Crippen LogP contribution is -2.51. The van der Waals surface area contributed by atoms with E-state index in [1.165, 1.54) is 6.08 Å². The Morgan fingerprint density at radius 2 is 1.79 bits per heavy atom. The first kappa shape index (κ1) is 24.2. The molecular weight excluding hydrogens is 541 g/mol. The van der Waals surface area contributed by atoms with Gasteiger partial charge < -0.3 is 14.8 Å². The molecule has 0 unspecified atom stereocenters. The molecule has 0 aromatic heterocycles. The third-order valence-corrected chi connectivity index (χ3v) is 5.61. The molecule has 0 bridgehead atoms. The topological polar surface area (TPSA) is 123 Å². The number of rotatable bonds is 7. The molecule has 0 radical (unpaired) electrons. The van der Waals surface area contributed by atoms with Gasteiger partial charge in [-0.1, -0.05) is 12.1 Å². The van der Waals surface area contributed by atoms with Crippen LogP contribution in [0.5, 0.6) is 11.5 Å². The standard InChI is InChI=1S/C23H22IN3O6/c1-4-32-18-10-14(8-15-21(29)26-23(31)27-22(15)30)9-16(24)20(18)33-11-19(28)25-17-7-5-6-12(2)13(17)3/h5-10H,4,11H2,1-3H3,(H,25,28)(H2,26,27,29,30,31). The molecule has 1 aliphatic heterocycles. The van der Waals surface area contributed by atoms with Crippen molar-refractivity contribution < 1.29 is 28.7 Å². The molecule has 3 rings (SSSR count). The van der Waals surface area contributed by atoms with Crippen LogP contribution in [-0.2, 0) is 14.4 Å². The number of anilines is 1. The molecule has 2 aromatic carbocycles. The van der Waals surface area contributed by atoms with Crippen molar-refractivity contribution in [3.8, 4) is 11.5 Å². The second-order valence-electron chi connectivity index (χ2n) is 7.14. The minimum atomic E-state index is -0.866. The van der Waals surface area contributed by atoms with Gasteiger partial charge in [0, 0.05) is 5.69 Å². The average molecular weight is 563 g/mol. The van der Waals surface area contributed by atoms with Crippen molar-refractivity contribution in [3.63, 3.8) is 0 Å². The van der Waals surface area contributed by atoms with Crippen molar-refractivity contribution in [2.45, 2.75) is 20.8 Å². The van der Waals surface area contributed by atoms with Crippen molar-refractivity contribution in [3.05, 3.63) is 56.2 Å². The minimum absolute atomic E-state index is 0.214. The van der Waals surface area contributed by atoms with E-state index >= 15 is 0 Å². The van der Waals surface area contributed by atoms with E-state index in [4.69, 9.17) is 9.47 Å². The summed E-state index contributed by atoms with van der Waals surface area (Å²) in [5.74, 6) is -1.19. The quantitative estimate of drug-likeness (QED) is 0.271. The summed E-state index contributed by atoms with van der Waals surface area (Å²) in [7, 11) is 0. The number of hydrogen-bond donors (Lipinski definition) is 3. The van der Waals surface area contributed by atoms with Crippen molar-refractivity contribution in [2.75, 3.05) is 18.5 Å². The molecule has 1 aliphatic rings. The van der Waals surface area contributed by atoms with E-state index in [-0.39, 0.29) is 18.1 Å². The fourth-order valence-electron chi connectivity index (χ4n) is 3.06. The Hall–Kier alpha value is -3.41. The van der Waals surface area contributed by atoms with Crippen LogP contribution in [0.25, 0.3) is 6.08 Å². The molecule has 0 atom stereocenters. The van der Waals surface area contributed by atoms with Gasteiger partial charge in [0.15, 0.2) is 18.1 Å². The fraction of sp³-hybridized carbons (Fsp3) is 0.217. The van der Waals surface area contributed by atoms with Crippen molar-refractivity contribution in [2.24, 2.45) is 0 Å². The van der Waals surface area contributed by atoms with Crippen molar-refractivity contribution >= 4 is 58.1 Å². The molecule has 1 fully saturated rings. The first-order valence-corrected chi connectivity index (χ1v) is 11.1. The monoisotopic (exact) mass is 563 g/mol. The van der Waals surface area contributed by atoms with Crippen molar-refractivity contribution in [1.29, 1.82) is 0 Å². The highest BCUT2D eigenvalue weighted by Gasteiger charge is 2.28. The number of ether oxygens (including phenoxy) is 2. The van der Waals surface area contributed by atoms with E-state index in [0.29, 0.717) is 32.9 Å². The molecule has 10 heteroatoms. The Morgan fingerprint density at radius 1 is 1.09 bits per heavy atom. The number of nitrogens with one attached hydrogen (secondary N) is 3. The van der Waals surface area contributed by atoms with Crippen LogP contribution in [0.15, 0.2) is 35.9 Å². The Labute approximate surface area is 204 Å². The van der Waals surface area contributed by atoms with E-state index in [9.17, 15) is 19.2 Å². The van der Waals surface area contributed by atoms with E-state index in [0.717, 1.165) is 11.1 Å². The lowest BCUT2D eigenvalue weighted by molar-refractivity contribution is -0.124. The van der Waals surface area contributed by atoms with Crippen LogP contribution in [0.3, 0.4) is 0 Å². The van der Waals surface area contributed by atoms with E-state index in [1.807, 2.05) is 65.3 Å². The normalized spacial score (nSPS) is 13.2. The third kappa shape index (κ3) is 5.89. The molecule has 0 spiro atoms. The smallest absolute Gasteiger partial charge is 0.328 e. The summed E-state index contributed by atoms with van der Waals surface area (Å²) < 4.78 is 12.0. The maximum absolute atomic E-state index is 12.5. The van der Waals surface area contributed by atoms with Gasteiger partial charge in [-0.05, 0) is 84.3 Å². The number of amides is 5. The Morgan fingerprint density at radius 3 is 2.45 bits per heavy atom. The molecule has 1 saturated heterocycles. The second-order valence-corrected chi connectivity index (χ2v) is 8.30. The molecule has 33 heavy (non-hydrogen) atoms. The zero-order valence-electron chi connectivity index (χ0n) is 18.2. The number of hydrogen-bond acceptors (Lipinski definition) is 6. The SMILES string of the molecule is CCOc1cc(C=C2C(=O)NC(=O)NC2=O)cc(I)c1OCC(=O)Nc1cccc(C)c1C. The highest BCUT2D eigenvalue weighted by atomic mass is 127. The Bertz CT molecular complexity index is 1150. The maximum atomic E-state index is 12.5. The van der Waals surface area contributed by atoms with Gasteiger partial charge in [-0.2, -0.15) is 0 Å². The molecule has 2 aromatic rings. The van der Waals surface area contributed by atoms with Crippen LogP contribution >= 0.6 is 22.6 Å². The second kappa shape index (κ2) is 10.5. The number of urea groups is 1. The van der Waals surface area contributed by atoms with E-state index in [2.05, 4.69) is 5.32 Å². The zero-order valence-corrected chi connectivity index (χ0v) is 20.4. The van der Waals surface area contributed by atoms with Crippen LogP contribution < -0.4 is 25.4 Å². The molecule has 3 N–H and O–H groups in total. The van der Waals surface area contributed by atoms with Crippen LogP contribution in [0.2, 0.25) is 0 Å². The summed E-state index contributed by atoms with van der Waals surface area (Å²) in [6, 6.07) is 8.05. The largest absolute Gasteiger partial charge is 0.490 e. The van der Waals surface area contributed by atoms with Gasteiger partial charge in [0.1, 0.15) is 5.57 Å². The summed E-state index contributed by atoms with van der Waals surface area (Å²) in [4.78, 5) is 47.7. The summed E-state index contributed by atoms with van der Waals surface area (Å²) in [5.41, 5.74) is 3.04. The highest BCUT2D eigenvalue weighted by Crippen LogP contribution is 2.35. The maximum Gasteiger partial charge on any atom is 0.328 e. The average Bonchev–Trinajstić information content (AvgIpc) is 2.73. The predicted molar refractivity (Wildman–Crippen MR) is 130 cm³/mol. The molecule has 1 heterocycles. The van der Waals surface area contributed by atoms with Gasteiger partial charge in [0.05, 0.1) is 10.2 Å². The zero-order chi connectivity index (χ0) is 24.1. The van der Waals surface area contributed by atoms with Gasteiger partial charge in [-0.15, -0.1) is 0 Å². The number of imide groups is 2. The minimum Gasteiger partial charge on any atom is -0.490 e. The van der Waals surface area contributed by atoms with Crippen molar-refractivity contribution in [1.82, 2.24) is 10.6 Å². The lowest BCUT2D eigenvalue weighted by Gasteiger charge is -2.16. The molecule has 0 aliphatic carbocycles. The molecule has 172 valence electrons. The van der Waals surface area contributed by atoms with Gasteiger partial charge in [0.2, 0.25) is 0 Å². The first-order valence-electron chi connectivity index (χ1n) is 10.0. The Kier molecular flexibility index (Phi) is 7.69. The van der Waals surface area contributed by atoms with E-state index in [1.54, 1.807) is 19.1 Å². The van der Waals surface area contributed by atoms with Gasteiger partial charge >= 0.3 is 6.03 Å². The summed E-state index contributed by atoms with van der Waals surface area (Å²) in [6.07, 6.45) is 1.35. The van der Waals surface area contributed by atoms with Crippen LogP contribution in [0, 0.1) is 17.4 Å². The van der Waals surface area contributed by atoms with Gasteiger partial charge in [-0.25, -0.2) is 4.79 Å². The summed E-state index contributed by atoms with van der Waals surface area (Å²) >= 11 is 2.02. The summed E-state index contributed by atoms with van der Waals surface area (Å²) in [5, 5.41) is 6.89. The number of barbiturate groups is 1.